The molecule has 9 rings (SSSR count). The standard InChI is InChI=1S/C18H21ClN2O2.C17H20ClN3O2.C10H10ClNO2.C4H7NO2.ClH/c1-18(2,3)17-11-13(20-23-17)10-16(22)15-8-9-21(15)14-6-4-12(19)5-7-14;1-17(2,3)15-9-12(20-23-15)8-14(22)13-6-7-21(13)16-5-4-11(18)10-19-16;11-7-1-3-8(4-2-7)12-6-5-9(12)10(13)14;6-4(7)3-1-2-5-3;/h4-7,11,15H,8-10H2,1-3H3;4-5,9-10,13H,6-8H2,1-3H3;1-4,9H,5-6H2,(H,13,14);3,5H,1-2H2,(H,6,7);1H/t15-;13-;9-;3-;/m0000./s1. The molecule has 2 aromatic carbocycles. The fraction of sp³-hybridized carbons (Fsp3) is 0.449. The first kappa shape index (κ1) is 53.8. The van der Waals surface area contributed by atoms with Crippen LogP contribution in [-0.4, -0.2) is 99.4 Å². The zero-order valence-corrected chi connectivity index (χ0v) is 42.0. The molecule has 4 fully saturated rings. The van der Waals surface area contributed by atoms with Gasteiger partial charge in [0.15, 0.2) is 11.6 Å². The highest BCUT2D eigenvalue weighted by Gasteiger charge is 2.37. The number of aromatic nitrogens is 3. The van der Waals surface area contributed by atoms with Crippen molar-refractivity contribution in [3.63, 3.8) is 0 Å². The second kappa shape index (κ2) is 23.4. The van der Waals surface area contributed by atoms with Crippen LogP contribution in [-0.2, 0) is 42.8 Å². The summed E-state index contributed by atoms with van der Waals surface area (Å²) in [7, 11) is 0. The fourth-order valence-electron chi connectivity index (χ4n) is 7.37. The molecule has 19 heteroatoms. The van der Waals surface area contributed by atoms with Gasteiger partial charge in [-0.25, -0.2) is 9.78 Å². The zero-order valence-electron chi connectivity index (χ0n) is 39.0. The molecule has 0 unspecified atom stereocenters. The van der Waals surface area contributed by atoms with Crippen molar-refractivity contribution in [2.75, 3.05) is 40.9 Å². The lowest BCUT2D eigenvalue weighted by atomic mass is 9.92. The maximum atomic E-state index is 12.6. The molecular weight excluding hydrogens is 956 g/mol. The molecule has 4 saturated heterocycles. The Kier molecular flexibility index (Phi) is 18.5. The third kappa shape index (κ3) is 14.2. The van der Waals surface area contributed by atoms with E-state index in [1.165, 1.54) is 0 Å². The highest BCUT2D eigenvalue weighted by molar-refractivity contribution is 6.31. The van der Waals surface area contributed by atoms with Gasteiger partial charge in [0.05, 0.1) is 41.3 Å². The van der Waals surface area contributed by atoms with E-state index in [1.807, 2.05) is 64.4 Å². The number of carboxylic acid groups (broad SMARTS) is 2. The van der Waals surface area contributed by atoms with Crippen LogP contribution in [0.5, 0.6) is 0 Å². The molecule has 0 bridgehead atoms. The molecule has 4 aliphatic rings. The molecule has 68 heavy (non-hydrogen) atoms. The molecule has 7 heterocycles. The maximum Gasteiger partial charge on any atom is 0.326 e. The van der Waals surface area contributed by atoms with Crippen molar-refractivity contribution >= 4 is 87.9 Å². The summed E-state index contributed by atoms with van der Waals surface area (Å²) in [5.74, 6) is 1.22. The van der Waals surface area contributed by atoms with Gasteiger partial charge in [-0.05, 0) is 92.9 Å². The van der Waals surface area contributed by atoms with Gasteiger partial charge in [-0.15, -0.1) is 12.4 Å². The van der Waals surface area contributed by atoms with Crippen LogP contribution in [0, 0.1) is 0 Å². The van der Waals surface area contributed by atoms with Crippen LogP contribution in [0.4, 0.5) is 17.2 Å². The molecule has 0 spiro atoms. The summed E-state index contributed by atoms with van der Waals surface area (Å²) >= 11 is 17.5. The van der Waals surface area contributed by atoms with Gasteiger partial charge in [0.1, 0.15) is 29.4 Å². The molecule has 4 aliphatic heterocycles. The van der Waals surface area contributed by atoms with Gasteiger partial charge in [0.25, 0.3) is 0 Å². The van der Waals surface area contributed by atoms with E-state index in [9.17, 15) is 19.2 Å². The van der Waals surface area contributed by atoms with Crippen molar-refractivity contribution in [2.24, 2.45) is 0 Å². The third-order valence-electron chi connectivity index (χ3n) is 11.8. The van der Waals surface area contributed by atoms with Crippen LogP contribution in [0.25, 0.3) is 0 Å². The quantitative estimate of drug-likeness (QED) is 0.113. The van der Waals surface area contributed by atoms with E-state index in [4.69, 9.17) is 54.1 Å². The van der Waals surface area contributed by atoms with Crippen LogP contribution in [0.2, 0.25) is 15.1 Å². The molecule has 3 aromatic heterocycles. The summed E-state index contributed by atoms with van der Waals surface area (Å²) in [6.07, 6.45) is 5.43. The largest absolute Gasteiger partial charge is 0.480 e. The third-order valence-corrected chi connectivity index (χ3v) is 12.6. The Labute approximate surface area is 417 Å². The molecule has 4 atom stereocenters. The number of carbonyl (C=O) groups excluding carboxylic acids is 2. The van der Waals surface area contributed by atoms with E-state index in [1.54, 1.807) is 24.4 Å². The number of carboxylic acids is 2. The minimum absolute atomic E-state index is 0. The van der Waals surface area contributed by atoms with Crippen molar-refractivity contribution < 1.29 is 38.4 Å². The van der Waals surface area contributed by atoms with Gasteiger partial charge < -0.3 is 39.3 Å². The van der Waals surface area contributed by atoms with Crippen molar-refractivity contribution in [2.45, 2.75) is 115 Å². The number of benzene rings is 2. The number of ketones is 2. The Bertz CT molecular complexity index is 2340. The summed E-state index contributed by atoms with van der Waals surface area (Å²) in [5.41, 5.74) is 3.16. The average Bonchev–Trinajstić information content (AvgIpc) is 3.86. The molecular formula is C49H59Cl4N7O8. The summed E-state index contributed by atoms with van der Waals surface area (Å²) in [4.78, 5) is 56.0. The van der Waals surface area contributed by atoms with Crippen LogP contribution in [0.15, 0.2) is 88.0 Å². The number of Topliss-reactive ketones (excluding diaryl/α,β-unsaturated/α-hetero) is 2. The van der Waals surface area contributed by atoms with Gasteiger partial charge in [-0.1, -0.05) is 86.7 Å². The van der Waals surface area contributed by atoms with Gasteiger partial charge in [0, 0.05) is 70.2 Å². The van der Waals surface area contributed by atoms with E-state index in [0.717, 1.165) is 80.6 Å². The van der Waals surface area contributed by atoms with Crippen LogP contribution < -0.4 is 20.0 Å². The first-order chi connectivity index (χ1) is 31.7. The topological polar surface area (TPSA) is 195 Å². The second-order valence-corrected chi connectivity index (χ2v) is 20.2. The van der Waals surface area contributed by atoms with Crippen molar-refractivity contribution in [3.8, 4) is 0 Å². The lowest BCUT2D eigenvalue weighted by molar-refractivity contribution is -0.141. The Morgan fingerprint density at radius 3 is 1.32 bits per heavy atom. The monoisotopic (exact) mass is 1010 g/mol. The predicted molar refractivity (Wildman–Crippen MR) is 266 cm³/mol. The van der Waals surface area contributed by atoms with Crippen LogP contribution in [0.3, 0.4) is 0 Å². The minimum Gasteiger partial charge on any atom is -0.480 e. The molecule has 366 valence electrons. The molecule has 0 aliphatic carbocycles. The van der Waals surface area contributed by atoms with E-state index in [-0.39, 0.29) is 65.4 Å². The number of nitrogens with zero attached hydrogens (tertiary/aromatic N) is 6. The van der Waals surface area contributed by atoms with Crippen molar-refractivity contribution in [1.82, 2.24) is 20.6 Å². The number of pyridine rings is 1. The lowest BCUT2D eigenvalue weighted by Crippen LogP contribution is -2.53. The number of hydrogen-bond acceptors (Lipinski definition) is 13. The minimum atomic E-state index is -0.758. The molecule has 3 N–H and O–H groups in total. The summed E-state index contributed by atoms with van der Waals surface area (Å²) in [6.45, 7) is 15.7. The number of rotatable bonds is 11. The SMILES string of the molecule is CC(C)(C)c1cc(CC(=O)[C@@H]2CCN2c2ccc(Cl)cc2)no1.CC(C)(C)c1cc(CC(=O)[C@@H]2CCN2c2ccc(Cl)cn2)no1.Cl.O=C(O)[C@@H]1CCN1.O=C(O)[C@@H]1CCN1c1ccc(Cl)cc1. The number of hydrogen-bond donors (Lipinski definition) is 3. The van der Waals surface area contributed by atoms with Crippen LogP contribution >= 0.6 is 47.2 Å². The van der Waals surface area contributed by atoms with Gasteiger partial charge in [-0.2, -0.15) is 0 Å². The Hall–Kier alpha value is -5.19. The van der Waals surface area contributed by atoms with E-state index in [2.05, 4.69) is 67.1 Å². The molecule has 0 radical (unpaired) electrons. The maximum absolute atomic E-state index is 12.6. The molecule has 5 aromatic rings. The predicted octanol–water partition coefficient (Wildman–Crippen LogP) is 9.29. The number of aliphatic carboxylic acids is 2. The van der Waals surface area contributed by atoms with Gasteiger partial charge in [-0.3, -0.25) is 14.4 Å². The highest BCUT2D eigenvalue weighted by atomic mass is 35.5. The molecule has 0 saturated carbocycles. The number of anilines is 3. The van der Waals surface area contributed by atoms with E-state index < -0.39 is 11.9 Å². The number of nitrogens with one attached hydrogen (secondary N) is 1. The Balaban J connectivity index is 0.000000180. The van der Waals surface area contributed by atoms with Gasteiger partial charge in [0.2, 0.25) is 0 Å². The van der Waals surface area contributed by atoms with E-state index in [0.29, 0.717) is 32.9 Å². The first-order valence-corrected chi connectivity index (χ1v) is 23.4. The fourth-order valence-corrected chi connectivity index (χ4v) is 7.74. The second-order valence-electron chi connectivity index (χ2n) is 18.9. The zero-order chi connectivity index (χ0) is 48.6. The van der Waals surface area contributed by atoms with Crippen molar-refractivity contribution in [1.29, 1.82) is 0 Å². The number of halogens is 4. The van der Waals surface area contributed by atoms with Gasteiger partial charge >= 0.3 is 11.9 Å². The van der Waals surface area contributed by atoms with E-state index >= 15 is 0 Å². The Morgan fingerprint density at radius 1 is 0.618 bits per heavy atom. The summed E-state index contributed by atoms with van der Waals surface area (Å²) < 4.78 is 10.7. The molecule has 0 amide bonds. The smallest absolute Gasteiger partial charge is 0.326 e. The highest BCUT2D eigenvalue weighted by Crippen LogP contribution is 2.31. The lowest BCUT2D eigenvalue weighted by Gasteiger charge is -2.41. The first-order valence-electron chi connectivity index (χ1n) is 22.3. The number of carbonyl (C=O) groups is 4. The average molecular weight is 1020 g/mol. The summed E-state index contributed by atoms with van der Waals surface area (Å²) in [6, 6.07) is 21.4. The van der Waals surface area contributed by atoms with Crippen molar-refractivity contribution in [3.05, 3.63) is 117 Å². The Morgan fingerprint density at radius 2 is 1.03 bits per heavy atom. The summed E-state index contributed by atoms with van der Waals surface area (Å²) in [5, 5.41) is 29.8. The molecule has 15 nitrogen and oxygen atoms in total. The van der Waals surface area contributed by atoms with Crippen LogP contribution in [0.1, 0.15) is 90.1 Å². The normalized spacial score (nSPS) is 19.3.